The summed E-state index contributed by atoms with van der Waals surface area (Å²) in [6.07, 6.45) is -1.24. The van der Waals surface area contributed by atoms with Crippen molar-refractivity contribution in [3.05, 3.63) is 71.8 Å². The standard InChI is InChI=1S/C34H48N2O10/c1-33(2,3)45-31(39)35(23-41-7)27(21-25-15-11-9-12-16-25)29(37)43-19-20-44-30(38)28(22-26-17-13-10-14-18-26)36(24-42-8)32(40)46-34(4,5)6/h9-18,27-28H,19-24H2,1-8H3/t27-,28-/m0/s1. The molecule has 0 N–H and O–H groups in total. The summed E-state index contributed by atoms with van der Waals surface area (Å²) < 4.78 is 32.5. The summed E-state index contributed by atoms with van der Waals surface area (Å²) in [6, 6.07) is 16.1. The van der Waals surface area contributed by atoms with Gasteiger partial charge in [0.25, 0.3) is 0 Å². The molecule has 12 heteroatoms. The van der Waals surface area contributed by atoms with E-state index in [0.29, 0.717) is 0 Å². The molecular formula is C34H48N2O10. The number of nitrogens with zero attached hydrogens (tertiary/aromatic N) is 2. The Kier molecular flexibility index (Phi) is 15.0. The predicted molar refractivity (Wildman–Crippen MR) is 170 cm³/mol. The molecule has 0 bridgehead atoms. The molecule has 0 aliphatic carbocycles. The van der Waals surface area contributed by atoms with E-state index in [1.165, 1.54) is 14.2 Å². The third kappa shape index (κ3) is 13.5. The Morgan fingerprint density at radius 1 is 0.587 bits per heavy atom. The lowest BCUT2D eigenvalue weighted by molar-refractivity contribution is -0.160. The minimum atomic E-state index is -1.09. The highest BCUT2D eigenvalue weighted by Crippen LogP contribution is 2.18. The molecule has 254 valence electrons. The van der Waals surface area contributed by atoms with Gasteiger partial charge in [-0.15, -0.1) is 0 Å². The minimum Gasteiger partial charge on any atom is -0.461 e. The van der Waals surface area contributed by atoms with Crippen LogP contribution < -0.4 is 0 Å². The van der Waals surface area contributed by atoms with Crippen molar-refractivity contribution in [2.24, 2.45) is 0 Å². The maximum absolute atomic E-state index is 13.4. The van der Waals surface area contributed by atoms with Gasteiger partial charge >= 0.3 is 24.1 Å². The molecule has 0 saturated carbocycles. The summed E-state index contributed by atoms with van der Waals surface area (Å²) in [5, 5.41) is 0. The van der Waals surface area contributed by atoms with Gasteiger partial charge in [-0.25, -0.2) is 19.2 Å². The highest BCUT2D eigenvalue weighted by Gasteiger charge is 2.36. The first-order chi connectivity index (χ1) is 21.6. The van der Waals surface area contributed by atoms with Gasteiger partial charge in [-0.1, -0.05) is 60.7 Å². The normalized spacial score (nSPS) is 12.8. The van der Waals surface area contributed by atoms with Crippen molar-refractivity contribution < 1.29 is 47.6 Å². The SMILES string of the molecule is COCN(C(=O)OC(C)(C)C)[C@@H](Cc1ccccc1)C(=O)OCCOC(=O)[C@H](Cc1ccccc1)N(COC)C(=O)OC(C)(C)C. The van der Waals surface area contributed by atoms with E-state index in [1.54, 1.807) is 41.5 Å². The van der Waals surface area contributed by atoms with Crippen LogP contribution >= 0.6 is 0 Å². The maximum atomic E-state index is 13.4. The molecule has 0 aliphatic rings. The molecule has 46 heavy (non-hydrogen) atoms. The van der Waals surface area contributed by atoms with Crippen molar-refractivity contribution >= 4 is 24.1 Å². The minimum absolute atomic E-state index is 0.128. The van der Waals surface area contributed by atoms with Crippen LogP contribution in [0.4, 0.5) is 9.59 Å². The number of hydrogen-bond donors (Lipinski definition) is 0. The fraction of sp³-hybridized carbons (Fsp3) is 0.529. The Bertz CT molecular complexity index is 1140. The van der Waals surface area contributed by atoms with E-state index >= 15 is 0 Å². The quantitative estimate of drug-likeness (QED) is 0.113. The van der Waals surface area contributed by atoms with Crippen LogP contribution in [0.3, 0.4) is 0 Å². The highest BCUT2D eigenvalue weighted by atomic mass is 16.6. The van der Waals surface area contributed by atoms with Gasteiger partial charge in [0.15, 0.2) is 0 Å². The van der Waals surface area contributed by atoms with Crippen LogP contribution in [0.1, 0.15) is 52.7 Å². The van der Waals surface area contributed by atoms with Gasteiger partial charge in [0.2, 0.25) is 0 Å². The molecular weight excluding hydrogens is 596 g/mol. The molecule has 2 rings (SSSR count). The van der Waals surface area contributed by atoms with Gasteiger partial charge in [0, 0.05) is 27.1 Å². The molecule has 12 nitrogen and oxygen atoms in total. The molecule has 2 aromatic rings. The number of amides is 2. The molecule has 0 unspecified atom stereocenters. The Labute approximate surface area is 271 Å². The second-order valence-corrected chi connectivity index (χ2v) is 12.5. The van der Waals surface area contributed by atoms with Crippen LogP contribution in [0.25, 0.3) is 0 Å². The Balaban J connectivity index is 2.20. The van der Waals surface area contributed by atoms with Crippen LogP contribution in [0.15, 0.2) is 60.7 Å². The highest BCUT2D eigenvalue weighted by molar-refractivity contribution is 5.83. The van der Waals surface area contributed by atoms with Gasteiger partial charge in [-0.05, 0) is 52.7 Å². The number of carbonyl (C=O) groups is 4. The first-order valence-corrected chi connectivity index (χ1v) is 15.0. The number of benzene rings is 2. The monoisotopic (exact) mass is 644 g/mol. The zero-order valence-corrected chi connectivity index (χ0v) is 28.1. The number of methoxy groups -OCH3 is 2. The molecule has 0 heterocycles. The number of ether oxygens (including phenoxy) is 6. The average Bonchev–Trinajstić information content (AvgIpc) is 2.98. The van der Waals surface area contributed by atoms with E-state index in [9.17, 15) is 19.2 Å². The predicted octanol–water partition coefficient (Wildman–Crippen LogP) is 4.98. The molecule has 0 fully saturated rings. The zero-order valence-electron chi connectivity index (χ0n) is 28.1. The van der Waals surface area contributed by atoms with E-state index in [4.69, 9.17) is 28.4 Å². The molecule has 2 aromatic carbocycles. The molecule has 0 aliphatic heterocycles. The summed E-state index contributed by atoms with van der Waals surface area (Å²) in [6.45, 7) is 9.25. The van der Waals surface area contributed by atoms with E-state index in [0.717, 1.165) is 20.9 Å². The van der Waals surface area contributed by atoms with Crippen LogP contribution in [-0.2, 0) is 50.9 Å². The van der Waals surface area contributed by atoms with E-state index in [-0.39, 0.29) is 39.5 Å². The van der Waals surface area contributed by atoms with Gasteiger partial charge in [0.05, 0.1) is 0 Å². The molecule has 0 spiro atoms. The Morgan fingerprint density at radius 2 is 0.913 bits per heavy atom. The van der Waals surface area contributed by atoms with Crippen molar-refractivity contribution in [1.82, 2.24) is 9.80 Å². The van der Waals surface area contributed by atoms with Crippen LogP contribution in [-0.4, -0.2) is 98.1 Å². The fourth-order valence-corrected chi connectivity index (χ4v) is 4.25. The lowest BCUT2D eigenvalue weighted by atomic mass is 10.1. The van der Waals surface area contributed by atoms with Crippen molar-refractivity contribution in [3.63, 3.8) is 0 Å². The molecule has 2 atom stereocenters. The van der Waals surface area contributed by atoms with Crippen LogP contribution in [0.2, 0.25) is 0 Å². The number of esters is 2. The number of carbonyl (C=O) groups excluding carboxylic acids is 4. The van der Waals surface area contributed by atoms with Gasteiger partial charge in [0.1, 0.15) is 50.0 Å². The van der Waals surface area contributed by atoms with E-state index in [2.05, 4.69) is 0 Å². The number of hydrogen-bond acceptors (Lipinski definition) is 10. The van der Waals surface area contributed by atoms with Crippen molar-refractivity contribution in [1.29, 1.82) is 0 Å². The van der Waals surface area contributed by atoms with Crippen LogP contribution in [0.5, 0.6) is 0 Å². The van der Waals surface area contributed by atoms with Crippen molar-refractivity contribution in [3.8, 4) is 0 Å². The summed E-state index contributed by atoms with van der Waals surface area (Å²) in [5.41, 5.74) is -0.0652. The summed E-state index contributed by atoms with van der Waals surface area (Å²) in [5.74, 6) is -1.48. The molecule has 2 amide bonds. The first kappa shape index (κ1) is 38.0. The largest absolute Gasteiger partial charge is 0.461 e. The smallest absolute Gasteiger partial charge is 0.412 e. The second-order valence-electron chi connectivity index (χ2n) is 12.5. The Hall–Kier alpha value is -4.16. The molecule has 0 radical (unpaired) electrons. The Morgan fingerprint density at radius 3 is 1.20 bits per heavy atom. The molecule has 0 saturated heterocycles. The van der Waals surface area contributed by atoms with Crippen LogP contribution in [0, 0.1) is 0 Å². The third-order valence-electron chi connectivity index (χ3n) is 6.20. The van der Waals surface area contributed by atoms with E-state index < -0.39 is 47.4 Å². The lowest BCUT2D eigenvalue weighted by Gasteiger charge is -2.32. The summed E-state index contributed by atoms with van der Waals surface area (Å²) >= 11 is 0. The van der Waals surface area contributed by atoms with Gasteiger partial charge in [-0.3, -0.25) is 9.80 Å². The lowest BCUT2D eigenvalue weighted by Crippen LogP contribution is -2.50. The maximum Gasteiger partial charge on any atom is 0.412 e. The number of rotatable bonds is 15. The van der Waals surface area contributed by atoms with E-state index in [1.807, 2.05) is 60.7 Å². The summed E-state index contributed by atoms with van der Waals surface area (Å²) in [4.78, 5) is 55.3. The average molecular weight is 645 g/mol. The molecule has 0 aromatic heterocycles. The van der Waals surface area contributed by atoms with Gasteiger partial charge in [-0.2, -0.15) is 0 Å². The first-order valence-electron chi connectivity index (χ1n) is 15.0. The summed E-state index contributed by atoms with van der Waals surface area (Å²) in [7, 11) is 2.80. The fourth-order valence-electron chi connectivity index (χ4n) is 4.25. The third-order valence-corrected chi connectivity index (χ3v) is 6.20. The topological polar surface area (TPSA) is 130 Å². The van der Waals surface area contributed by atoms with Crippen molar-refractivity contribution in [2.75, 3.05) is 40.9 Å². The van der Waals surface area contributed by atoms with Crippen molar-refractivity contribution in [2.45, 2.75) is 77.7 Å². The zero-order chi connectivity index (χ0) is 34.3. The second kappa shape index (κ2) is 18.1. The van der Waals surface area contributed by atoms with Gasteiger partial charge < -0.3 is 28.4 Å².